The highest BCUT2D eigenvalue weighted by Crippen LogP contribution is 2.48. The molecule has 1 aromatic carbocycles. The molecular formula is C26H27F2N5O3. The molecule has 2 aromatic heterocycles. The number of benzene rings is 1. The van der Waals surface area contributed by atoms with Crippen molar-refractivity contribution >= 4 is 17.4 Å². The molecule has 0 bridgehead atoms. The number of hydrogen-bond donors (Lipinski definition) is 1. The van der Waals surface area contributed by atoms with E-state index in [4.69, 9.17) is 9.47 Å². The Morgan fingerprint density at radius 3 is 2.53 bits per heavy atom. The fourth-order valence-corrected chi connectivity index (χ4v) is 4.12. The minimum Gasteiger partial charge on any atom is -0.491 e. The highest BCUT2D eigenvalue weighted by atomic mass is 19.3. The second-order valence-electron chi connectivity index (χ2n) is 9.21. The third-order valence-electron chi connectivity index (χ3n) is 6.50. The monoisotopic (exact) mass is 495 g/mol. The normalized spacial score (nSPS) is 21.0. The topological polar surface area (TPSA) is 89.5 Å². The van der Waals surface area contributed by atoms with Crippen molar-refractivity contribution in [2.24, 2.45) is 5.92 Å². The fourth-order valence-electron chi connectivity index (χ4n) is 4.12. The van der Waals surface area contributed by atoms with Gasteiger partial charge in [0, 0.05) is 19.4 Å². The maximum Gasteiger partial charge on any atom is 0.255 e. The number of nitrogens with zero attached hydrogens (tertiary/aromatic N) is 4. The van der Waals surface area contributed by atoms with Crippen LogP contribution in [0.5, 0.6) is 11.5 Å². The van der Waals surface area contributed by atoms with E-state index in [2.05, 4.69) is 25.2 Å². The van der Waals surface area contributed by atoms with E-state index in [1.165, 1.54) is 6.33 Å². The molecular weight excluding hydrogens is 468 g/mol. The van der Waals surface area contributed by atoms with Crippen LogP contribution in [-0.2, 0) is 4.79 Å². The number of nitrogens with one attached hydrogen (secondary N) is 1. The highest BCUT2D eigenvalue weighted by Gasteiger charge is 2.57. The fraction of sp³-hybridized carbons (Fsp3) is 0.385. The maximum atomic E-state index is 13.0. The van der Waals surface area contributed by atoms with Crippen molar-refractivity contribution in [3.63, 3.8) is 0 Å². The molecule has 1 aliphatic heterocycles. The Kier molecular flexibility index (Phi) is 6.67. The Balaban J connectivity index is 1.10. The molecule has 8 nitrogen and oxygen atoms in total. The second kappa shape index (κ2) is 10.0. The first-order chi connectivity index (χ1) is 17.4. The number of ether oxygens (including phenoxy) is 2. The Morgan fingerprint density at radius 2 is 1.86 bits per heavy atom. The van der Waals surface area contributed by atoms with Gasteiger partial charge in [0.2, 0.25) is 5.91 Å². The number of carbonyl (C=O) groups is 1. The molecule has 3 aromatic rings. The van der Waals surface area contributed by atoms with Gasteiger partial charge in [-0.2, -0.15) is 0 Å². The quantitative estimate of drug-likeness (QED) is 0.473. The number of pyridine rings is 1. The van der Waals surface area contributed by atoms with Gasteiger partial charge < -0.3 is 19.7 Å². The predicted molar refractivity (Wildman–Crippen MR) is 130 cm³/mol. The lowest BCUT2D eigenvalue weighted by Crippen LogP contribution is -2.25. The lowest BCUT2D eigenvalue weighted by Gasteiger charge is -2.19. The van der Waals surface area contributed by atoms with Crippen LogP contribution in [0.2, 0.25) is 0 Å². The van der Waals surface area contributed by atoms with Crippen molar-refractivity contribution in [1.29, 1.82) is 0 Å². The summed E-state index contributed by atoms with van der Waals surface area (Å²) in [6, 6.07) is 11.1. The van der Waals surface area contributed by atoms with Crippen molar-refractivity contribution in [3.05, 3.63) is 66.9 Å². The van der Waals surface area contributed by atoms with Gasteiger partial charge in [-0.15, -0.1) is 0 Å². The molecule has 188 valence electrons. The molecule has 1 amide bonds. The Labute approximate surface area is 207 Å². The first-order valence-electron chi connectivity index (χ1n) is 11.9. The molecule has 3 heterocycles. The minimum absolute atomic E-state index is 0.00415. The van der Waals surface area contributed by atoms with Crippen LogP contribution >= 0.6 is 0 Å². The van der Waals surface area contributed by atoms with E-state index < -0.39 is 11.8 Å². The Hall–Kier alpha value is -3.82. The van der Waals surface area contributed by atoms with Crippen LogP contribution in [-0.4, -0.2) is 52.6 Å². The van der Waals surface area contributed by atoms with Gasteiger partial charge >= 0.3 is 0 Å². The van der Waals surface area contributed by atoms with E-state index in [9.17, 15) is 13.6 Å². The van der Waals surface area contributed by atoms with Crippen LogP contribution in [0.15, 0.2) is 61.3 Å². The summed E-state index contributed by atoms with van der Waals surface area (Å²) in [6.45, 7) is 3.33. The summed E-state index contributed by atoms with van der Waals surface area (Å²) in [5, 5.41) is 2.81. The summed E-state index contributed by atoms with van der Waals surface area (Å²) in [4.78, 5) is 26.9. The first kappa shape index (κ1) is 23.9. The zero-order chi connectivity index (χ0) is 25.1. The van der Waals surface area contributed by atoms with Gasteiger partial charge in [0.15, 0.2) is 0 Å². The van der Waals surface area contributed by atoms with Gasteiger partial charge in [0.25, 0.3) is 5.92 Å². The lowest BCUT2D eigenvalue weighted by atomic mass is 10.0. The third-order valence-corrected chi connectivity index (χ3v) is 6.50. The van der Waals surface area contributed by atoms with Gasteiger partial charge in [0.05, 0.1) is 49.3 Å². The maximum absolute atomic E-state index is 13.0. The molecule has 2 fully saturated rings. The van der Waals surface area contributed by atoms with Gasteiger partial charge in [-0.1, -0.05) is 12.1 Å². The molecule has 3 atom stereocenters. The summed E-state index contributed by atoms with van der Waals surface area (Å²) in [7, 11) is 0. The zero-order valence-corrected chi connectivity index (χ0v) is 19.8. The Morgan fingerprint density at radius 1 is 1.14 bits per heavy atom. The van der Waals surface area contributed by atoms with Crippen LogP contribution in [0.1, 0.15) is 31.2 Å². The number of aromatic nitrogens is 3. The number of hydrogen-bond acceptors (Lipinski definition) is 7. The van der Waals surface area contributed by atoms with Gasteiger partial charge in [-0.05, 0) is 36.8 Å². The van der Waals surface area contributed by atoms with Crippen molar-refractivity contribution in [2.45, 2.75) is 37.7 Å². The van der Waals surface area contributed by atoms with Crippen molar-refractivity contribution in [3.8, 4) is 11.5 Å². The summed E-state index contributed by atoms with van der Waals surface area (Å²) in [6.07, 6.45) is 6.83. The highest BCUT2D eigenvalue weighted by molar-refractivity contribution is 5.95. The average Bonchev–Trinajstić information content (AvgIpc) is 3.26. The first-order valence-corrected chi connectivity index (χ1v) is 11.9. The van der Waals surface area contributed by atoms with E-state index >= 15 is 0 Å². The SMILES string of the molecule is CC(C(=O)Nc1cncnc1)c1ccc(O[C@@H]2CCN(c3ccc(OCC4CC4(F)F)cn3)C2)cc1. The number of halogens is 2. The molecule has 1 N–H and O–H groups in total. The van der Waals surface area contributed by atoms with E-state index in [-0.39, 0.29) is 31.0 Å². The van der Waals surface area contributed by atoms with Crippen LogP contribution in [0.25, 0.3) is 0 Å². The molecule has 0 radical (unpaired) electrons. The number of rotatable bonds is 9. The molecule has 2 unspecified atom stereocenters. The Bertz CT molecular complexity index is 1180. The van der Waals surface area contributed by atoms with Gasteiger partial charge in [-0.25, -0.2) is 23.7 Å². The van der Waals surface area contributed by atoms with Crippen molar-refractivity contribution < 1.29 is 23.0 Å². The number of amides is 1. The number of carbonyl (C=O) groups excluding carboxylic acids is 1. The largest absolute Gasteiger partial charge is 0.491 e. The van der Waals surface area contributed by atoms with Crippen LogP contribution in [0.3, 0.4) is 0 Å². The molecule has 0 spiro atoms. The molecule has 36 heavy (non-hydrogen) atoms. The zero-order valence-electron chi connectivity index (χ0n) is 19.8. The average molecular weight is 496 g/mol. The van der Waals surface area contributed by atoms with Crippen LogP contribution < -0.4 is 19.7 Å². The summed E-state index contributed by atoms with van der Waals surface area (Å²) < 4.78 is 37.6. The van der Waals surface area contributed by atoms with Crippen LogP contribution in [0, 0.1) is 5.92 Å². The summed E-state index contributed by atoms with van der Waals surface area (Å²) in [5.74, 6) is -1.73. The number of anilines is 2. The van der Waals surface area contributed by atoms with E-state index in [1.54, 1.807) is 24.7 Å². The summed E-state index contributed by atoms with van der Waals surface area (Å²) >= 11 is 0. The molecule has 1 saturated heterocycles. The standard InChI is InChI=1S/C26H27F2N5O3/c1-17(25(34)32-20-11-29-16-30-12-20)18-2-4-21(5-3-18)36-23-8-9-33(14-23)24-7-6-22(13-31-24)35-15-19-10-26(19,27)28/h2-7,11-13,16-17,19,23H,8-10,14-15H2,1H3,(H,32,34)/t17?,19?,23-/m1/s1. The van der Waals surface area contributed by atoms with E-state index in [0.717, 1.165) is 30.1 Å². The minimum atomic E-state index is -2.58. The number of alkyl halides is 2. The molecule has 1 aliphatic carbocycles. The molecule has 10 heteroatoms. The van der Waals surface area contributed by atoms with E-state index in [1.807, 2.05) is 37.3 Å². The molecule has 1 saturated carbocycles. The third kappa shape index (κ3) is 5.69. The van der Waals surface area contributed by atoms with E-state index in [0.29, 0.717) is 18.0 Å². The second-order valence-corrected chi connectivity index (χ2v) is 9.21. The van der Waals surface area contributed by atoms with Crippen molar-refractivity contribution in [1.82, 2.24) is 15.0 Å². The van der Waals surface area contributed by atoms with Gasteiger partial charge in [0.1, 0.15) is 29.7 Å². The lowest BCUT2D eigenvalue weighted by molar-refractivity contribution is -0.117. The molecule has 5 rings (SSSR count). The van der Waals surface area contributed by atoms with Gasteiger partial charge in [-0.3, -0.25) is 4.79 Å². The molecule has 2 aliphatic rings. The van der Waals surface area contributed by atoms with Crippen LogP contribution in [0.4, 0.5) is 20.3 Å². The summed E-state index contributed by atoms with van der Waals surface area (Å²) in [5.41, 5.74) is 1.43. The van der Waals surface area contributed by atoms with Crippen molar-refractivity contribution in [2.75, 3.05) is 29.9 Å². The smallest absolute Gasteiger partial charge is 0.255 e. The predicted octanol–water partition coefficient (Wildman–Crippen LogP) is 4.31.